The number of nitrogens with zero attached hydrogens (tertiary/aromatic N) is 1. The Balaban J connectivity index is 2.15. The summed E-state index contributed by atoms with van der Waals surface area (Å²) in [5.41, 5.74) is 1.54. The molecule has 0 aliphatic rings. The van der Waals surface area contributed by atoms with Crippen LogP contribution >= 0.6 is 11.6 Å². The second kappa shape index (κ2) is 11.1. The van der Waals surface area contributed by atoms with Crippen LogP contribution in [0.15, 0.2) is 59.5 Å². The zero-order valence-corrected chi connectivity index (χ0v) is 21.3. The molecule has 1 amide bonds. The fourth-order valence-electron chi connectivity index (χ4n) is 3.58. The third-order valence-electron chi connectivity index (χ3n) is 5.35. The van der Waals surface area contributed by atoms with Crippen molar-refractivity contribution in [2.24, 2.45) is 0 Å². The Bertz CT molecular complexity index is 1330. The van der Waals surface area contributed by atoms with E-state index in [1.807, 2.05) is 13.0 Å². The number of anilines is 1. The van der Waals surface area contributed by atoms with E-state index in [9.17, 15) is 17.6 Å². The van der Waals surface area contributed by atoms with Gasteiger partial charge in [0.25, 0.3) is 15.9 Å². The Morgan fingerprint density at radius 3 is 2.40 bits per heavy atom. The van der Waals surface area contributed by atoms with Crippen molar-refractivity contribution in [2.45, 2.75) is 24.7 Å². The van der Waals surface area contributed by atoms with E-state index in [1.165, 1.54) is 39.5 Å². The summed E-state index contributed by atoms with van der Waals surface area (Å²) in [6.07, 6.45) is 1.11. The summed E-state index contributed by atoms with van der Waals surface area (Å²) in [6.45, 7) is 1.91. The van der Waals surface area contributed by atoms with Gasteiger partial charge in [-0.05, 0) is 41.8 Å². The average Bonchev–Trinajstić information content (AvgIpc) is 2.84. The molecule has 0 atom stereocenters. The number of methoxy groups -OCH3 is 1. The number of carbonyl (C=O) groups is 1. The van der Waals surface area contributed by atoms with Gasteiger partial charge < -0.3 is 4.74 Å². The zero-order chi connectivity index (χ0) is 25.8. The smallest absolute Gasteiger partial charge is 0.277 e. The Kier molecular flexibility index (Phi) is 8.37. The highest BCUT2D eigenvalue weighted by atomic mass is 35.5. The van der Waals surface area contributed by atoms with Crippen molar-refractivity contribution in [3.8, 4) is 16.9 Å². The normalized spacial score (nSPS) is 11.3. The highest BCUT2D eigenvalue weighted by Gasteiger charge is 2.27. The molecule has 186 valence electrons. The maximum Gasteiger partial charge on any atom is 0.277 e. The molecule has 0 heterocycles. The molecule has 0 aromatic heterocycles. The van der Waals surface area contributed by atoms with Crippen LogP contribution in [0.1, 0.15) is 29.3 Å². The summed E-state index contributed by atoms with van der Waals surface area (Å²) in [4.78, 5) is 17.2. The number of hydroxylamine groups is 2. The number of ether oxygens (including phenoxy) is 1. The van der Waals surface area contributed by atoms with E-state index >= 15 is 0 Å². The topological polar surface area (TPSA) is 84.9 Å². The first-order valence-corrected chi connectivity index (χ1v) is 12.6. The highest BCUT2D eigenvalue weighted by molar-refractivity contribution is 7.92. The second-order valence-corrected chi connectivity index (χ2v) is 9.74. The zero-order valence-electron chi connectivity index (χ0n) is 19.8. The summed E-state index contributed by atoms with van der Waals surface area (Å²) in [5.74, 6) is -1.19. The number of amides is 1. The number of carbonyl (C=O) groups excluding carboxylic acids is 1. The number of nitrogens with one attached hydrogen (secondary N) is 1. The molecule has 3 rings (SSSR count). The summed E-state index contributed by atoms with van der Waals surface area (Å²) in [5, 5.41) is 0.869. The predicted molar refractivity (Wildman–Crippen MR) is 134 cm³/mol. The van der Waals surface area contributed by atoms with Gasteiger partial charge in [-0.25, -0.2) is 17.9 Å². The van der Waals surface area contributed by atoms with Crippen LogP contribution in [0.4, 0.5) is 10.1 Å². The maximum absolute atomic E-state index is 14.9. The van der Waals surface area contributed by atoms with Gasteiger partial charge in [-0.15, -0.1) is 0 Å². The van der Waals surface area contributed by atoms with E-state index in [0.29, 0.717) is 24.0 Å². The summed E-state index contributed by atoms with van der Waals surface area (Å²) in [6, 6.07) is 14.1. The largest absolute Gasteiger partial charge is 0.494 e. The summed E-state index contributed by atoms with van der Waals surface area (Å²) < 4.78 is 49.8. The minimum atomic E-state index is -4.31. The first-order valence-electron chi connectivity index (χ1n) is 10.7. The molecule has 0 saturated heterocycles. The molecular formula is C25H26ClFN2O5S. The Morgan fingerprint density at radius 2 is 1.80 bits per heavy atom. The third-order valence-corrected chi connectivity index (χ3v) is 7.00. The number of benzene rings is 3. The van der Waals surface area contributed by atoms with Crippen LogP contribution < -0.4 is 9.46 Å². The first-order chi connectivity index (χ1) is 16.6. The Morgan fingerprint density at radius 1 is 1.11 bits per heavy atom. The van der Waals surface area contributed by atoms with Gasteiger partial charge in [0.2, 0.25) is 0 Å². The van der Waals surface area contributed by atoms with E-state index in [-0.39, 0.29) is 32.5 Å². The molecule has 35 heavy (non-hydrogen) atoms. The minimum Gasteiger partial charge on any atom is -0.494 e. The molecule has 0 aliphatic carbocycles. The monoisotopic (exact) mass is 520 g/mol. The Labute approximate surface area is 209 Å². The molecular weight excluding hydrogens is 495 g/mol. The van der Waals surface area contributed by atoms with Crippen molar-refractivity contribution in [1.29, 1.82) is 0 Å². The van der Waals surface area contributed by atoms with E-state index in [0.717, 1.165) is 11.1 Å². The lowest BCUT2D eigenvalue weighted by atomic mass is 10.00. The number of halogens is 2. The lowest BCUT2D eigenvalue weighted by Crippen LogP contribution is -2.26. The van der Waals surface area contributed by atoms with Gasteiger partial charge in [0.05, 0.1) is 24.9 Å². The maximum atomic E-state index is 14.9. The second-order valence-electron chi connectivity index (χ2n) is 7.69. The molecule has 10 heteroatoms. The van der Waals surface area contributed by atoms with E-state index in [2.05, 4.69) is 4.72 Å². The van der Waals surface area contributed by atoms with Crippen molar-refractivity contribution in [1.82, 2.24) is 5.06 Å². The van der Waals surface area contributed by atoms with Crippen molar-refractivity contribution < 1.29 is 27.2 Å². The van der Waals surface area contributed by atoms with Crippen molar-refractivity contribution in [3.05, 3.63) is 76.6 Å². The van der Waals surface area contributed by atoms with Crippen molar-refractivity contribution in [3.63, 3.8) is 0 Å². The van der Waals surface area contributed by atoms with Gasteiger partial charge in [0, 0.05) is 18.2 Å². The van der Waals surface area contributed by atoms with Gasteiger partial charge >= 0.3 is 0 Å². The summed E-state index contributed by atoms with van der Waals surface area (Å²) in [7, 11) is -0.354. The predicted octanol–water partition coefficient (Wildman–Crippen LogP) is 5.54. The molecule has 0 radical (unpaired) electrons. The molecule has 7 nitrogen and oxygen atoms in total. The lowest BCUT2D eigenvalue weighted by Gasteiger charge is -2.19. The quantitative estimate of drug-likeness (QED) is 0.374. The first kappa shape index (κ1) is 26.5. The standard InChI is InChI=1S/C25H26ClFN2O5S/c1-5-9-17-13-21(27)19(16-10-7-6-8-11-16)15-22(17)28-35(31,32)23-14-18(25(30)29(2)34-4)12-20(26)24(23)33-3/h6-8,10-15,28H,5,9H2,1-4H3. The number of sulfonamides is 1. The molecule has 0 saturated carbocycles. The minimum absolute atomic E-state index is 0.0154. The molecule has 0 aliphatic heterocycles. The molecule has 1 N–H and O–H groups in total. The van der Waals surface area contributed by atoms with Crippen molar-refractivity contribution >= 4 is 33.2 Å². The average molecular weight is 521 g/mol. The number of hydrogen-bond acceptors (Lipinski definition) is 5. The molecule has 3 aromatic carbocycles. The van der Waals surface area contributed by atoms with Gasteiger partial charge in [-0.2, -0.15) is 0 Å². The molecule has 3 aromatic rings. The van der Waals surface area contributed by atoms with Gasteiger partial charge in [-0.1, -0.05) is 55.3 Å². The third kappa shape index (κ3) is 5.75. The molecule has 0 fully saturated rings. The molecule has 0 bridgehead atoms. The lowest BCUT2D eigenvalue weighted by molar-refractivity contribution is -0.0757. The van der Waals surface area contributed by atoms with Crippen LogP contribution in [-0.4, -0.2) is 40.7 Å². The number of hydrogen-bond donors (Lipinski definition) is 1. The van der Waals surface area contributed by atoms with E-state index < -0.39 is 21.7 Å². The fraction of sp³-hybridized carbons (Fsp3) is 0.240. The van der Waals surface area contributed by atoms with Gasteiger partial charge in [0.15, 0.2) is 5.75 Å². The highest BCUT2D eigenvalue weighted by Crippen LogP contribution is 2.36. The SMILES string of the molecule is CCCc1cc(F)c(-c2ccccc2)cc1NS(=O)(=O)c1cc(C(=O)N(C)OC)cc(Cl)c1OC. The van der Waals surface area contributed by atoms with Crippen LogP contribution in [0.5, 0.6) is 5.75 Å². The van der Waals surface area contributed by atoms with E-state index in [4.69, 9.17) is 21.2 Å². The van der Waals surface area contributed by atoms with Gasteiger partial charge in [0.1, 0.15) is 10.7 Å². The van der Waals surface area contributed by atoms with Crippen LogP contribution in [0, 0.1) is 5.82 Å². The van der Waals surface area contributed by atoms with E-state index in [1.54, 1.807) is 24.3 Å². The molecule has 0 spiro atoms. The van der Waals surface area contributed by atoms with Gasteiger partial charge in [-0.3, -0.25) is 14.4 Å². The summed E-state index contributed by atoms with van der Waals surface area (Å²) >= 11 is 6.26. The van der Waals surface area contributed by atoms with Crippen LogP contribution in [0.2, 0.25) is 5.02 Å². The molecule has 0 unspecified atom stereocenters. The Hall–Kier alpha value is -3.14. The van der Waals surface area contributed by atoms with Crippen LogP contribution in [0.25, 0.3) is 11.1 Å². The number of aryl methyl sites for hydroxylation is 1. The van der Waals surface area contributed by atoms with Crippen LogP contribution in [0.3, 0.4) is 0 Å². The van der Waals surface area contributed by atoms with Crippen molar-refractivity contribution in [2.75, 3.05) is 26.0 Å². The fourth-order valence-corrected chi connectivity index (χ4v) is 5.24. The number of rotatable bonds is 9. The van der Waals surface area contributed by atoms with Crippen LogP contribution in [-0.2, 0) is 21.3 Å².